The summed E-state index contributed by atoms with van der Waals surface area (Å²) < 4.78 is 5.64. The third-order valence-corrected chi connectivity index (χ3v) is 4.64. The number of carbonyl (C=O) groups excluding carboxylic acids is 1. The molecule has 1 aromatic heterocycles. The van der Waals surface area contributed by atoms with Crippen LogP contribution in [0.4, 0.5) is 4.79 Å². The van der Waals surface area contributed by atoms with Crippen molar-refractivity contribution in [3.8, 4) is 5.75 Å². The summed E-state index contributed by atoms with van der Waals surface area (Å²) in [7, 11) is 1.77. The zero-order valence-corrected chi connectivity index (χ0v) is 14.5. The number of pyridine rings is 1. The summed E-state index contributed by atoms with van der Waals surface area (Å²) in [5.74, 6) is 0.663. The lowest BCUT2D eigenvalue weighted by atomic mass is 10.0. The van der Waals surface area contributed by atoms with Gasteiger partial charge in [0.2, 0.25) is 0 Å². The Morgan fingerprint density at radius 2 is 2.21 bits per heavy atom. The minimum atomic E-state index is -0.147. The molecular weight excluding hydrogens is 326 g/mol. The first-order valence-corrected chi connectivity index (χ1v) is 8.31. The van der Waals surface area contributed by atoms with E-state index < -0.39 is 0 Å². The standard InChI is InChI=1S/C18H20ClN3O2/c1-12(15-8-3-4-10-20-15)22(2)18(23)21-16-9-11-24-17-13(16)6-5-7-14(17)19/h3-8,10,12,16H,9,11H2,1-2H3,(H,21,23). The monoisotopic (exact) mass is 345 g/mol. The number of urea groups is 1. The van der Waals surface area contributed by atoms with Crippen LogP contribution in [0.25, 0.3) is 0 Å². The van der Waals surface area contributed by atoms with Gasteiger partial charge >= 0.3 is 6.03 Å². The van der Waals surface area contributed by atoms with Crippen molar-refractivity contribution in [2.75, 3.05) is 13.7 Å². The first-order valence-electron chi connectivity index (χ1n) is 7.93. The minimum absolute atomic E-state index is 0.113. The molecule has 3 rings (SSSR count). The van der Waals surface area contributed by atoms with Crippen molar-refractivity contribution in [2.24, 2.45) is 0 Å². The van der Waals surface area contributed by atoms with Gasteiger partial charge in [-0.05, 0) is 25.1 Å². The van der Waals surface area contributed by atoms with E-state index in [1.165, 1.54) is 0 Å². The molecule has 1 aromatic carbocycles. The average Bonchev–Trinajstić information content (AvgIpc) is 2.62. The van der Waals surface area contributed by atoms with E-state index in [4.69, 9.17) is 16.3 Å². The van der Waals surface area contributed by atoms with Crippen molar-refractivity contribution in [1.29, 1.82) is 0 Å². The lowest BCUT2D eigenvalue weighted by molar-refractivity contribution is 0.182. The molecule has 6 heteroatoms. The van der Waals surface area contributed by atoms with Crippen molar-refractivity contribution < 1.29 is 9.53 Å². The van der Waals surface area contributed by atoms with Gasteiger partial charge in [-0.1, -0.05) is 29.8 Å². The number of aromatic nitrogens is 1. The number of fused-ring (bicyclic) bond motifs is 1. The maximum atomic E-state index is 12.6. The van der Waals surface area contributed by atoms with Gasteiger partial charge in [0.25, 0.3) is 0 Å². The van der Waals surface area contributed by atoms with E-state index in [0.29, 0.717) is 23.8 Å². The predicted molar refractivity (Wildman–Crippen MR) is 93.3 cm³/mol. The molecule has 2 aromatic rings. The molecular formula is C18H20ClN3O2. The first-order chi connectivity index (χ1) is 11.6. The van der Waals surface area contributed by atoms with E-state index in [1.807, 2.05) is 37.3 Å². The van der Waals surface area contributed by atoms with E-state index in [0.717, 1.165) is 11.3 Å². The number of nitrogens with zero attached hydrogens (tertiary/aromatic N) is 2. The normalized spacial score (nSPS) is 17.4. The Hall–Kier alpha value is -2.27. The third kappa shape index (κ3) is 3.31. The molecule has 24 heavy (non-hydrogen) atoms. The number of hydrogen-bond acceptors (Lipinski definition) is 3. The number of rotatable bonds is 3. The van der Waals surface area contributed by atoms with E-state index in [-0.39, 0.29) is 18.1 Å². The zero-order chi connectivity index (χ0) is 17.1. The van der Waals surface area contributed by atoms with Crippen LogP contribution in [0.1, 0.15) is 36.7 Å². The summed E-state index contributed by atoms with van der Waals surface area (Å²) in [4.78, 5) is 18.6. The van der Waals surface area contributed by atoms with Gasteiger partial charge in [-0.3, -0.25) is 4.98 Å². The van der Waals surface area contributed by atoms with Gasteiger partial charge in [-0.2, -0.15) is 0 Å². The van der Waals surface area contributed by atoms with Crippen LogP contribution >= 0.6 is 11.6 Å². The summed E-state index contributed by atoms with van der Waals surface area (Å²) in [5, 5.41) is 3.64. The van der Waals surface area contributed by atoms with Crippen molar-refractivity contribution in [3.63, 3.8) is 0 Å². The molecule has 0 fully saturated rings. The highest BCUT2D eigenvalue weighted by atomic mass is 35.5. The Balaban J connectivity index is 1.73. The van der Waals surface area contributed by atoms with Gasteiger partial charge < -0.3 is 15.0 Å². The number of carbonyl (C=O) groups is 1. The number of halogens is 1. The Labute approximate surface area is 146 Å². The summed E-state index contributed by atoms with van der Waals surface area (Å²) in [6.45, 7) is 2.48. The summed E-state index contributed by atoms with van der Waals surface area (Å²) in [6, 6.07) is 10.9. The van der Waals surface area contributed by atoms with Crippen LogP contribution in [0.3, 0.4) is 0 Å². The van der Waals surface area contributed by atoms with Crippen LogP contribution in [-0.2, 0) is 0 Å². The molecule has 0 saturated carbocycles. The Kier molecular flexibility index (Phi) is 4.90. The fourth-order valence-corrected chi connectivity index (χ4v) is 3.02. The number of ether oxygens (including phenoxy) is 1. The summed E-state index contributed by atoms with van der Waals surface area (Å²) in [5.41, 5.74) is 1.77. The van der Waals surface area contributed by atoms with E-state index in [9.17, 15) is 4.79 Å². The highest BCUT2D eigenvalue weighted by Crippen LogP contribution is 2.37. The van der Waals surface area contributed by atoms with Crippen LogP contribution in [0, 0.1) is 0 Å². The van der Waals surface area contributed by atoms with Crippen molar-refractivity contribution >= 4 is 17.6 Å². The van der Waals surface area contributed by atoms with Gasteiger partial charge in [0.15, 0.2) is 0 Å². The maximum absolute atomic E-state index is 12.6. The molecule has 2 atom stereocenters. The second-order valence-electron chi connectivity index (χ2n) is 5.84. The molecule has 2 unspecified atom stereocenters. The fraction of sp³-hybridized carbons (Fsp3) is 0.333. The van der Waals surface area contributed by atoms with E-state index in [2.05, 4.69) is 10.3 Å². The number of hydrogen-bond donors (Lipinski definition) is 1. The van der Waals surface area contributed by atoms with Crippen LogP contribution in [0.5, 0.6) is 5.75 Å². The summed E-state index contributed by atoms with van der Waals surface area (Å²) in [6.07, 6.45) is 2.44. The zero-order valence-electron chi connectivity index (χ0n) is 13.7. The molecule has 0 saturated heterocycles. The van der Waals surface area contributed by atoms with Gasteiger partial charge in [-0.15, -0.1) is 0 Å². The molecule has 5 nitrogen and oxygen atoms in total. The lowest BCUT2D eigenvalue weighted by Crippen LogP contribution is -2.42. The molecule has 0 bridgehead atoms. The largest absolute Gasteiger partial charge is 0.492 e. The Bertz CT molecular complexity index is 723. The van der Waals surface area contributed by atoms with Crippen molar-refractivity contribution in [3.05, 3.63) is 58.9 Å². The predicted octanol–water partition coefficient (Wildman–Crippen LogP) is 3.96. The van der Waals surface area contributed by atoms with E-state index >= 15 is 0 Å². The second-order valence-corrected chi connectivity index (χ2v) is 6.25. The SMILES string of the molecule is CC(c1ccccn1)N(C)C(=O)NC1CCOc2c(Cl)cccc21. The first kappa shape index (κ1) is 16.6. The van der Waals surface area contributed by atoms with Crippen LogP contribution in [0.2, 0.25) is 5.02 Å². The molecule has 126 valence electrons. The number of para-hydroxylation sites is 1. The van der Waals surface area contributed by atoms with Crippen LogP contribution < -0.4 is 10.1 Å². The van der Waals surface area contributed by atoms with Crippen molar-refractivity contribution in [2.45, 2.75) is 25.4 Å². The molecule has 0 spiro atoms. The Morgan fingerprint density at radius 1 is 1.38 bits per heavy atom. The van der Waals surface area contributed by atoms with Gasteiger partial charge in [-0.25, -0.2) is 4.79 Å². The molecule has 2 heterocycles. The third-order valence-electron chi connectivity index (χ3n) is 4.34. The fourth-order valence-electron chi connectivity index (χ4n) is 2.78. The highest BCUT2D eigenvalue weighted by molar-refractivity contribution is 6.32. The van der Waals surface area contributed by atoms with Gasteiger partial charge in [0.05, 0.1) is 29.4 Å². The van der Waals surface area contributed by atoms with E-state index in [1.54, 1.807) is 24.2 Å². The Morgan fingerprint density at radius 3 is 2.96 bits per heavy atom. The van der Waals surface area contributed by atoms with Crippen LogP contribution in [-0.4, -0.2) is 29.6 Å². The maximum Gasteiger partial charge on any atom is 0.318 e. The van der Waals surface area contributed by atoms with Gasteiger partial charge in [0.1, 0.15) is 5.75 Å². The molecule has 1 aliphatic heterocycles. The summed E-state index contributed by atoms with van der Waals surface area (Å²) >= 11 is 6.18. The minimum Gasteiger partial charge on any atom is -0.492 e. The molecule has 1 N–H and O–H groups in total. The number of benzene rings is 1. The number of nitrogens with one attached hydrogen (secondary N) is 1. The second kappa shape index (κ2) is 7.09. The quantitative estimate of drug-likeness (QED) is 0.916. The molecule has 0 radical (unpaired) electrons. The molecule has 0 aliphatic carbocycles. The molecule has 1 aliphatic rings. The number of amides is 2. The lowest BCUT2D eigenvalue weighted by Gasteiger charge is -2.31. The van der Waals surface area contributed by atoms with Crippen molar-refractivity contribution in [1.82, 2.24) is 15.2 Å². The highest BCUT2D eigenvalue weighted by Gasteiger charge is 2.27. The topological polar surface area (TPSA) is 54.5 Å². The average molecular weight is 346 g/mol. The smallest absolute Gasteiger partial charge is 0.318 e. The van der Waals surface area contributed by atoms with Crippen LogP contribution in [0.15, 0.2) is 42.6 Å². The molecule has 2 amide bonds. The van der Waals surface area contributed by atoms with Gasteiger partial charge in [0, 0.05) is 25.2 Å².